The van der Waals surface area contributed by atoms with Crippen molar-refractivity contribution in [3.05, 3.63) is 99.0 Å². The van der Waals surface area contributed by atoms with Gasteiger partial charge in [0.2, 0.25) is 0 Å². The maximum Gasteiger partial charge on any atom is 0.269 e. The minimum atomic E-state index is -0.336. The van der Waals surface area contributed by atoms with Crippen LogP contribution in [0, 0.1) is 5.82 Å². The van der Waals surface area contributed by atoms with Crippen molar-refractivity contribution in [2.24, 2.45) is 7.05 Å². The minimum absolute atomic E-state index is 0.179. The Bertz CT molecular complexity index is 1600. The molecule has 5 aromatic rings. The van der Waals surface area contributed by atoms with Crippen LogP contribution in [0.25, 0.3) is 22.3 Å². The molecule has 182 valence electrons. The number of amides is 1. The molecule has 0 saturated carbocycles. The zero-order valence-corrected chi connectivity index (χ0v) is 20.8. The number of nitrogens with one attached hydrogen (secondary N) is 1. The Morgan fingerprint density at radius 3 is 2.61 bits per heavy atom. The smallest absolute Gasteiger partial charge is 0.269 e. The van der Waals surface area contributed by atoms with Gasteiger partial charge in [-0.25, -0.2) is 14.1 Å². The van der Waals surface area contributed by atoms with Crippen molar-refractivity contribution < 1.29 is 9.18 Å². The van der Waals surface area contributed by atoms with E-state index in [0.717, 1.165) is 10.0 Å². The number of carbonyl (C=O) groups excluding carboxylic acids is 1. The molecule has 0 aliphatic heterocycles. The van der Waals surface area contributed by atoms with E-state index in [1.807, 2.05) is 24.3 Å². The Kier molecular flexibility index (Phi) is 6.47. The van der Waals surface area contributed by atoms with Gasteiger partial charge in [-0.05, 0) is 48.0 Å². The van der Waals surface area contributed by atoms with Gasteiger partial charge in [-0.1, -0.05) is 28.1 Å². The molecule has 1 N–H and O–H groups in total. The van der Waals surface area contributed by atoms with Crippen molar-refractivity contribution in [1.82, 2.24) is 34.4 Å². The molecule has 5 rings (SSSR count). The third-order valence-electron chi connectivity index (χ3n) is 5.75. The van der Waals surface area contributed by atoms with Gasteiger partial charge in [0.05, 0.1) is 25.0 Å². The molecule has 0 aliphatic carbocycles. The SMILES string of the molecule is Cn1nc(-c2ccc(F)cc2)cc1C(=O)NCCn1ncc2c(=O)n(Cc3ccc(Br)cc3)cnc21. The van der Waals surface area contributed by atoms with Crippen LogP contribution in [0.15, 0.2) is 76.4 Å². The zero-order chi connectivity index (χ0) is 25.2. The van der Waals surface area contributed by atoms with Crippen molar-refractivity contribution in [2.75, 3.05) is 6.54 Å². The van der Waals surface area contributed by atoms with E-state index in [4.69, 9.17) is 0 Å². The number of benzene rings is 2. The fourth-order valence-corrected chi connectivity index (χ4v) is 4.13. The summed E-state index contributed by atoms with van der Waals surface area (Å²) < 4.78 is 18.8. The van der Waals surface area contributed by atoms with Crippen LogP contribution in [0.3, 0.4) is 0 Å². The lowest BCUT2D eigenvalue weighted by atomic mass is 10.1. The summed E-state index contributed by atoms with van der Waals surface area (Å²) in [5.41, 5.74) is 2.92. The average Bonchev–Trinajstić information content (AvgIpc) is 3.46. The summed E-state index contributed by atoms with van der Waals surface area (Å²) in [6.07, 6.45) is 3.01. The third-order valence-corrected chi connectivity index (χ3v) is 6.28. The molecule has 0 atom stereocenters. The van der Waals surface area contributed by atoms with Crippen LogP contribution in [0.4, 0.5) is 4.39 Å². The van der Waals surface area contributed by atoms with E-state index in [-0.39, 0.29) is 23.8 Å². The van der Waals surface area contributed by atoms with Crippen LogP contribution in [0.2, 0.25) is 0 Å². The molecule has 0 radical (unpaired) electrons. The lowest BCUT2D eigenvalue weighted by molar-refractivity contribution is 0.0942. The second-order valence-electron chi connectivity index (χ2n) is 8.21. The first-order chi connectivity index (χ1) is 17.4. The van der Waals surface area contributed by atoms with Gasteiger partial charge in [0.15, 0.2) is 5.65 Å². The van der Waals surface area contributed by atoms with Gasteiger partial charge >= 0.3 is 0 Å². The number of hydrogen-bond donors (Lipinski definition) is 1. The summed E-state index contributed by atoms with van der Waals surface area (Å²) in [7, 11) is 1.67. The normalized spacial score (nSPS) is 11.2. The summed E-state index contributed by atoms with van der Waals surface area (Å²) in [5, 5.41) is 11.9. The van der Waals surface area contributed by atoms with Crippen molar-refractivity contribution in [1.29, 1.82) is 0 Å². The number of halogens is 2. The van der Waals surface area contributed by atoms with Crippen LogP contribution in [-0.2, 0) is 20.1 Å². The Morgan fingerprint density at radius 2 is 1.86 bits per heavy atom. The zero-order valence-electron chi connectivity index (χ0n) is 19.2. The molecule has 3 aromatic heterocycles. The molecule has 0 aliphatic rings. The highest BCUT2D eigenvalue weighted by Gasteiger charge is 2.15. The maximum atomic E-state index is 13.2. The van der Waals surface area contributed by atoms with E-state index in [1.165, 1.54) is 29.3 Å². The molecule has 2 aromatic carbocycles. The molecule has 9 nitrogen and oxygen atoms in total. The molecule has 0 unspecified atom stereocenters. The largest absolute Gasteiger partial charge is 0.349 e. The molecule has 0 fully saturated rings. The predicted octanol–water partition coefficient (Wildman–Crippen LogP) is 3.37. The van der Waals surface area contributed by atoms with Crippen molar-refractivity contribution in [2.45, 2.75) is 13.1 Å². The van der Waals surface area contributed by atoms with Crippen LogP contribution in [0.1, 0.15) is 16.1 Å². The van der Waals surface area contributed by atoms with E-state index < -0.39 is 0 Å². The van der Waals surface area contributed by atoms with Gasteiger partial charge in [0.25, 0.3) is 11.5 Å². The van der Waals surface area contributed by atoms with Gasteiger partial charge in [-0.15, -0.1) is 0 Å². The van der Waals surface area contributed by atoms with E-state index in [0.29, 0.717) is 41.1 Å². The molecular formula is C25H21BrFN7O2. The fourth-order valence-electron chi connectivity index (χ4n) is 3.87. The van der Waals surface area contributed by atoms with Crippen molar-refractivity contribution in [3.8, 4) is 11.3 Å². The first-order valence-corrected chi connectivity index (χ1v) is 11.9. The lowest BCUT2D eigenvalue weighted by Gasteiger charge is -2.08. The molecule has 11 heteroatoms. The number of aryl methyl sites for hydroxylation is 1. The molecule has 1 amide bonds. The number of fused-ring (bicyclic) bond motifs is 1. The summed E-state index contributed by atoms with van der Waals surface area (Å²) >= 11 is 3.41. The number of nitrogens with zero attached hydrogens (tertiary/aromatic N) is 6. The van der Waals surface area contributed by atoms with Gasteiger partial charge in [-0.2, -0.15) is 10.2 Å². The summed E-state index contributed by atoms with van der Waals surface area (Å²) in [4.78, 5) is 30.1. The summed E-state index contributed by atoms with van der Waals surface area (Å²) in [6, 6.07) is 15.3. The van der Waals surface area contributed by atoms with Crippen LogP contribution in [0.5, 0.6) is 0 Å². The Morgan fingerprint density at radius 1 is 1.11 bits per heavy atom. The Labute approximate surface area is 213 Å². The van der Waals surface area contributed by atoms with E-state index >= 15 is 0 Å². The highest BCUT2D eigenvalue weighted by atomic mass is 79.9. The maximum absolute atomic E-state index is 13.2. The fraction of sp³-hybridized carbons (Fsp3) is 0.160. The quantitative estimate of drug-likeness (QED) is 0.335. The molecule has 36 heavy (non-hydrogen) atoms. The first kappa shape index (κ1) is 23.6. The average molecular weight is 550 g/mol. The van der Waals surface area contributed by atoms with Crippen molar-refractivity contribution in [3.63, 3.8) is 0 Å². The van der Waals surface area contributed by atoms with Crippen LogP contribution >= 0.6 is 15.9 Å². The molecule has 0 bridgehead atoms. The standard InChI is InChI=1S/C25H21BrFN7O2/c1-32-22(12-21(31-32)17-4-8-19(27)9-5-17)24(35)28-10-11-34-23-20(13-30-34)25(36)33(15-29-23)14-16-2-6-18(26)7-3-16/h2-9,12-13,15H,10-11,14H2,1H3,(H,28,35). The van der Waals surface area contributed by atoms with E-state index in [9.17, 15) is 14.0 Å². The minimum Gasteiger partial charge on any atom is -0.349 e. The molecule has 3 heterocycles. The molecule has 0 saturated heterocycles. The number of hydrogen-bond acceptors (Lipinski definition) is 5. The van der Waals surface area contributed by atoms with Gasteiger partial charge < -0.3 is 5.32 Å². The Balaban J connectivity index is 1.25. The number of rotatable bonds is 7. The number of carbonyl (C=O) groups is 1. The van der Waals surface area contributed by atoms with Gasteiger partial charge in [0, 0.05) is 23.6 Å². The first-order valence-electron chi connectivity index (χ1n) is 11.1. The second kappa shape index (κ2) is 9.86. The topological polar surface area (TPSA) is 99.6 Å². The summed E-state index contributed by atoms with van der Waals surface area (Å²) in [5.74, 6) is -0.642. The summed E-state index contributed by atoms with van der Waals surface area (Å²) in [6.45, 7) is 1.01. The molecule has 0 spiro atoms. The lowest BCUT2D eigenvalue weighted by Crippen LogP contribution is -2.29. The monoisotopic (exact) mass is 549 g/mol. The highest BCUT2D eigenvalue weighted by molar-refractivity contribution is 9.10. The van der Waals surface area contributed by atoms with E-state index in [1.54, 1.807) is 34.5 Å². The highest BCUT2D eigenvalue weighted by Crippen LogP contribution is 2.19. The predicted molar refractivity (Wildman–Crippen MR) is 136 cm³/mol. The number of aromatic nitrogens is 6. The van der Waals surface area contributed by atoms with Crippen LogP contribution < -0.4 is 10.9 Å². The third kappa shape index (κ3) is 4.82. The Hall–Kier alpha value is -4.12. The van der Waals surface area contributed by atoms with Crippen LogP contribution in [-0.4, -0.2) is 41.6 Å². The van der Waals surface area contributed by atoms with E-state index in [2.05, 4.69) is 36.4 Å². The van der Waals surface area contributed by atoms with Gasteiger partial charge in [-0.3, -0.25) is 18.8 Å². The van der Waals surface area contributed by atoms with Crippen molar-refractivity contribution >= 4 is 32.9 Å². The molecular weight excluding hydrogens is 529 g/mol. The van der Waals surface area contributed by atoms with Gasteiger partial charge in [0.1, 0.15) is 23.2 Å². The second-order valence-corrected chi connectivity index (χ2v) is 9.13.